The van der Waals surface area contributed by atoms with Crippen molar-refractivity contribution in [2.45, 2.75) is 0 Å². The SMILES string of the molecule is COc1c2ccccc2c2ccc3ccc(O)c4ccc1c2c34. The Hall–Kier alpha value is -3.00. The number of hydrogen-bond donors (Lipinski definition) is 1. The second-order valence-electron chi connectivity index (χ2n) is 5.91. The minimum absolute atomic E-state index is 0.319. The highest BCUT2D eigenvalue weighted by Gasteiger charge is 2.16. The maximum Gasteiger partial charge on any atom is 0.134 e. The Morgan fingerprint density at radius 1 is 0.652 bits per heavy atom. The van der Waals surface area contributed by atoms with Crippen LogP contribution in [0.15, 0.2) is 60.7 Å². The summed E-state index contributed by atoms with van der Waals surface area (Å²) >= 11 is 0. The van der Waals surface area contributed by atoms with Crippen molar-refractivity contribution in [1.82, 2.24) is 0 Å². The van der Waals surface area contributed by atoms with Gasteiger partial charge in [0.2, 0.25) is 0 Å². The highest BCUT2D eigenvalue weighted by molar-refractivity contribution is 6.31. The zero-order valence-corrected chi connectivity index (χ0v) is 12.6. The third-order valence-corrected chi connectivity index (χ3v) is 4.80. The first-order chi connectivity index (χ1) is 11.3. The third kappa shape index (κ3) is 1.48. The van der Waals surface area contributed by atoms with Crippen molar-refractivity contribution in [3.8, 4) is 11.5 Å². The van der Waals surface area contributed by atoms with Crippen LogP contribution in [0, 0.1) is 0 Å². The van der Waals surface area contributed by atoms with Gasteiger partial charge in [0.05, 0.1) is 7.11 Å². The van der Waals surface area contributed by atoms with Crippen LogP contribution in [0.4, 0.5) is 0 Å². The maximum absolute atomic E-state index is 10.3. The average molecular weight is 298 g/mol. The highest BCUT2D eigenvalue weighted by atomic mass is 16.5. The number of phenols is 1. The minimum Gasteiger partial charge on any atom is -0.507 e. The first-order valence-electron chi connectivity index (χ1n) is 7.65. The number of aromatic hydroxyl groups is 1. The van der Waals surface area contributed by atoms with E-state index in [4.69, 9.17) is 4.74 Å². The Morgan fingerprint density at radius 3 is 2.17 bits per heavy atom. The molecule has 0 atom stereocenters. The molecule has 0 radical (unpaired) electrons. The normalized spacial score (nSPS) is 11.9. The van der Waals surface area contributed by atoms with Crippen LogP contribution in [0.1, 0.15) is 0 Å². The maximum atomic E-state index is 10.3. The van der Waals surface area contributed by atoms with Crippen LogP contribution in [0.3, 0.4) is 0 Å². The van der Waals surface area contributed by atoms with E-state index in [0.29, 0.717) is 5.75 Å². The quantitative estimate of drug-likeness (QED) is 0.329. The van der Waals surface area contributed by atoms with Crippen molar-refractivity contribution in [2.24, 2.45) is 0 Å². The molecular weight excluding hydrogens is 284 g/mol. The van der Waals surface area contributed by atoms with Gasteiger partial charge < -0.3 is 9.84 Å². The van der Waals surface area contributed by atoms with Gasteiger partial charge in [-0.05, 0) is 34.4 Å². The Morgan fingerprint density at radius 2 is 1.35 bits per heavy atom. The lowest BCUT2D eigenvalue weighted by Crippen LogP contribution is -1.91. The number of benzene rings is 5. The lowest BCUT2D eigenvalue weighted by atomic mass is 9.90. The molecule has 0 saturated carbocycles. The Balaban J connectivity index is 2.22. The van der Waals surface area contributed by atoms with Crippen LogP contribution in [-0.2, 0) is 0 Å². The predicted molar refractivity (Wildman–Crippen MR) is 95.9 cm³/mol. The Labute approximate surface area is 132 Å². The van der Waals surface area contributed by atoms with Crippen molar-refractivity contribution in [2.75, 3.05) is 7.11 Å². The summed E-state index contributed by atoms with van der Waals surface area (Å²) < 4.78 is 5.75. The number of rotatable bonds is 1. The number of methoxy groups -OCH3 is 1. The van der Waals surface area contributed by atoms with Crippen molar-refractivity contribution >= 4 is 43.1 Å². The fourth-order valence-corrected chi connectivity index (χ4v) is 3.83. The number of ether oxygens (including phenoxy) is 1. The lowest BCUT2D eigenvalue weighted by molar-refractivity contribution is 0.424. The molecule has 110 valence electrons. The van der Waals surface area contributed by atoms with E-state index in [-0.39, 0.29) is 0 Å². The molecule has 0 spiro atoms. The molecule has 0 aromatic heterocycles. The number of hydrogen-bond acceptors (Lipinski definition) is 2. The van der Waals surface area contributed by atoms with Gasteiger partial charge >= 0.3 is 0 Å². The summed E-state index contributed by atoms with van der Waals surface area (Å²) in [7, 11) is 1.72. The summed E-state index contributed by atoms with van der Waals surface area (Å²) in [4.78, 5) is 0. The zero-order chi connectivity index (χ0) is 15.6. The number of fused-ring (bicyclic) bond motifs is 2. The van der Waals surface area contributed by atoms with E-state index in [1.54, 1.807) is 13.2 Å². The number of phenolic OH excluding ortho intramolecular Hbond substituents is 1. The smallest absolute Gasteiger partial charge is 0.134 e. The molecule has 5 aromatic rings. The summed E-state index contributed by atoms with van der Waals surface area (Å²) in [5, 5.41) is 19.1. The van der Waals surface area contributed by atoms with Gasteiger partial charge in [-0.1, -0.05) is 42.5 Å². The summed E-state index contributed by atoms with van der Waals surface area (Å²) in [5.41, 5.74) is 0. The molecule has 0 unspecified atom stereocenters. The van der Waals surface area contributed by atoms with Gasteiger partial charge in [0.1, 0.15) is 11.5 Å². The first kappa shape index (κ1) is 12.5. The van der Waals surface area contributed by atoms with Crippen molar-refractivity contribution in [3.05, 3.63) is 60.7 Å². The van der Waals surface area contributed by atoms with Crippen LogP contribution in [0.2, 0.25) is 0 Å². The van der Waals surface area contributed by atoms with Gasteiger partial charge in [-0.3, -0.25) is 0 Å². The van der Waals surface area contributed by atoms with E-state index in [2.05, 4.69) is 36.4 Å². The summed E-state index contributed by atoms with van der Waals surface area (Å²) in [6, 6.07) is 20.4. The molecule has 0 aliphatic heterocycles. The fourth-order valence-electron chi connectivity index (χ4n) is 3.83. The van der Waals surface area contributed by atoms with Crippen molar-refractivity contribution in [3.63, 3.8) is 0 Å². The third-order valence-electron chi connectivity index (χ3n) is 4.80. The molecule has 0 aliphatic rings. The Kier molecular flexibility index (Phi) is 2.32. The molecule has 0 fully saturated rings. The van der Waals surface area contributed by atoms with Crippen LogP contribution < -0.4 is 4.74 Å². The topological polar surface area (TPSA) is 29.5 Å². The van der Waals surface area contributed by atoms with E-state index in [0.717, 1.165) is 38.1 Å². The predicted octanol–water partition coefficient (Wildman–Crippen LogP) is 5.45. The molecule has 0 amide bonds. The van der Waals surface area contributed by atoms with E-state index >= 15 is 0 Å². The lowest BCUT2D eigenvalue weighted by Gasteiger charge is -2.17. The Bertz CT molecular complexity index is 1200. The first-order valence-corrected chi connectivity index (χ1v) is 7.65. The van der Waals surface area contributed by atoms with E-state index < -0.39 is 0 Å². The molecule has 0 bridgehead atoms. The van der Waals surface area contributed by atoms with Crippen LogP contribution in [-0.4, -0.2) is 12.2 Å². The molecule has 5 aromatic carbocycles. The summed E-state index contributed by atoms with van der Waals surface area (Å²) in [6.45, 7) is 0. The van der Waals surface area contributed by atoms with Crippen molar-refractivity contribution in [1.29, 1.82) is 0 Å². The molecule has 1 N–H and O–H groups in total. The summed E-state index contributed by atoms with van der Waals surface area (Å²) in [5.74, 6) is 1.21. The zero-order valence-electron chi connectivity index (χ0n) is 12.6. The van der Waals surface area contributed by atoms with E-state index in [9.17, 15) is 5.11 Å². The van der Waals surface area contributed by atoms with Gasteiger partial charge in [0.15, 0.2) is 0 Å². The molecular formula is C21H14O2. The van der Waals surface area contributed by atoms with Gasteiger partial charge in [-0.2, -0.15) is 0 Å². The molecule has 0 saturated heterocycles. The largest absolute Gasteiger partial charge is 0.507 e. The monoisotopic (exact) mass is 298 g/mol. The second kappa shape index (κ2) is 4.26. The van der Waals surface area contributed by atoms with Gasteiger partial charge in [-0.25, -0.2) is 0 Å². The second-order valence-corrected chi connectivity index (χ2v) is 5.91. The van der Waals surface area contributed by atoms with E-state index in [1.807, 2.05) is 18.2 Å². The van der Waals surface area contributed by atoms with Crippen molar-refractivity contribution < 1.29 is 9.84 Å². The average Bonchev–Trinajstić information content (AvgIpc) is 2.60. The van der Waals surface area contributed by atoms with E-state index in [1.165, 1.54) is 10.8 Å². The van der Waals surface area contributed by atoms with Crippen LogP contribution in [0.5, 0.6) is 11.5 Å². The molecule has 0 heterocycles. The molecule has 23 heavy (non-hydrogen) atoms. The van der Waals surface area contributed by atoms with Gasteiger partial charge in [-0.15, -0.1) is 0 Å². The summed E-state index contributed by atoms with van der Waals surface area (Å²) in [6.07, 6.45) is 0. The molecule has 0 aliphatic carbocycles. The van der Waals surface area contributed by atoms with Crippen LogP contribution in [0.25, 0.3) is 43.1 Å². The van der Waals surface area contributed by atoms with Gasteiger partial charge in [0, 0.05) is 26.9 Å². The minimum atomic E-state index is 0.319. The molecule has 2 heteroatoms. The fraction of sp³-hybridized carbons (Fsp3) is 0.0476. The highest BCUT2D eigenvalue weighted by Crippen LogP contribution is 2.45. The molecule has 2 nitrogen and oxygen atoms in total. The van der Waals surface area contributed by atoms with Gasteiger partial charge in [0.25, 0.3) is 0 Å². The van der Waals surface area contributed by atoms with Crippen LogP contribution >= 0.6 is 0 Å². The molecule has 5 rings (SSSR count). The standard InChI is InChI=1S/C21H14O2/c1-23-21-15-5-3-2-4-13(15)14-8-6-12-7-11-18(22)16-9-10-17(21)20(14)19(12)16/h2-11,22H,1H3.